The first-order chi connectivity index (χ1) is 15.8. The Bertz CT molecular complexity index is 1280. The number of pyridine rings is 1. The molecule has 0 aliphatic carbocycles. The summed E-state index contributed by atoms with van der Waals surface area (Å²) in [6.45, 7) is 6.74. The first-order valence-electron chi connectivity index (χ1n) is 10.6. The van der Waals surface area contributed by atoms with Gasteiger partial charge < -0.3 is 14.7 Å². The minimum atomic E-state index is -4.15. The van der Waals surface area contributed by atoms with Crippen LogP contribution in [0.15, 0.2) is 59.9 Å². The first-order valence-corrected chi connectivity index (χ1v) is 12.0. The second-order valence-electron chi connectivity index (χ2n) is 8.89. The third-order valence-electron chi connectivity index (χ3n) is 5.43. The normalized spacial score (nSPS) is 12.9. The molecule has 1 atom stereocenters. The van der Waals surface area contributed by atoms with E-state index in [0.717, 1.165) is 3.97 Å². The molecular formula is C24H28FN3O5S. The summed E-state index contributed by atoms with van der Waals surface area (Å²) >= 11 is 0. The predicted molar refractivity (Wildman–Crippen MR) is 125 cm³/mol. The largest absolute Gasteiger partial charge is 0.444 e. The number of nitrogens with zero attached hydrogens (tertiary/aromatic N) is 3. The van der Waals surface area contributed by atoms with Crippen molar-refractivity contribution in [3.8, 4) is 11.3 Å². The molecule has 34 heavy (non-hydrogen) atoms. The van der Waals surface area contributed by atoms with Crippen LogP contribution in [-0.2, 0) is 21.4 Å². The molecule has 2 heterocycles. The zero-order valence-electron chi connectivity index (χ0n) is 19.7. The Labute approximate surface area is 198 Å². The van der Waals surface area contributed by atoms with Gasteiger partial charge in [-0.1, -0.05) is 12.1 Å². The van der Waals surface area contributed by atoms with E-state index in [1.54, 1.807) is 7.05 Å². The van der Waals surface area contributed by atoms with Gasteiger partial charge in [-0.05, 0) is 52.0 Å². The van der Waals surface area contributed by atoms with Crippen LogP contribution in [0.1, 0.15) is 44.9 Å². The van der Waals surface area contributed by atoms with E-state index in [4.69, 9.17) is 4.74 Å². The van der Waals surface area contributed by atoms with Crippen molar-refractivity contribution >= 4 is 16.1 Å². The minimum absolute atomic E-state index is 0.0183. The Morgan fingerprint density at radius 1 is 1.26 bits per heavy atom. The number of hydrogen-bond acceptors (Lipinski definition) is 6. The van der Waals surface area contributed by atoms with Gasteiger partial charge in [-0.3, -0.25) is 4.98 Å². The second-order valence-corrected chi connectivity index (χ2v) is 10.7. The topological polar surface area (TPSA) is 102 Å². The Morgan fingerprint density at radius 2 is 1.97 bits per heavy atom. The van der Waals surface area contributed by atoms with Crippen molar-refractivity contribution < 1.29 is 27.4 Å². The van der Waals surface area contributed by atoms with Gasteiger partial charge in [0.1, 0.15) is 17.3 Å². The third-order valence-corrected chi connectivity index (χ3v) is 7.09. The maximum Gasteiger partial charge on any atom is 0.410 e. The number of aromatic nitrogens is 2. The molecule has 1 unspecified atom stereocenters. The van der Waals surface area contributed by atoms with Crippen molar-refractivity contribution in [2.75, 3.05) is 7.05 Å². The fourth-order valence-electron chi connectivity index (χ4n) is 3.17. The van der Waals surface area contributed by atoms with Crippen molar-refractivity contribution in [1.29, 1.82) is 0 Å². The first kappa shape index (κ1) is 25.4. The highest BCUT2D eigenvalue weighted by Crippen LogP contribution is 2.32. The van der Waals surface area contributed by atoms with Gasteiger partial charge in [0, 0.05) is 47.9 Å². The molecule has 1 amide bonds. The Morgan fingerprint density at radius 3 is 2.56 bits per heavy atom. The van der Waals surface area contributed by atoms with Crippen LogP contribution in [0.25, 0.3) is 11.3 Å². The van der Waals surface area contributed by atoms with E-state index in [1.807, 2.05) is 20.8 Å². The molecule has 0 saturated carbocycles. The number of amides is 1. The van der Waals surface area contributed by atoms with E-state index in [-0.39, 0.29) is 28.3 Å². The van der Waals surface area contributed by atoms with Gasteiger partial charge in [-0.25, -0.2) is 21.6 Å². The summed E-state index contributed by atoms with van der Waals surface area (Å²) < 4.78 is 48.3. The summed E-state index contributed by atoms with van der Waals surface area (Å²) in [4.78, 5) is 17.6. The number of aliphatic hydroxyl groups excluding tert-OH is 1. The highest BCUT2D eigenvalue weighted by molar-refractivity contribution is 7.90. The third kappa shape index (κ3) is 5.13. The highest BCUT2D eigenvalue weighted by Gasteiger charge is 2.27. The van der Waals surface area contributed by atoms with Crippen LogP contribution in [0, 0.1) is 5.82 Å². The molecule has 0 aliphatic rings. The monoisotopic (exact) mass is 489 g/mol. The maximum atomic E-state index is 15.3. The van der Waals surface area contributed by atoms with Crippen molar-refractivity contribution in [3.05, 3.63) is 71.9 Å². The Hall–Kier alpha value is -3.24. The van der Waals surface area contributed by atoms with Crippen molar-refractivity contribution in [3.63, 3.8) is 0 Å². The van der Waals surface area contributed by atoms with Crippen LogP contribution in [0.4, 0.5) is 9.18 Å². The minimum Gasteiger partial charge on any atom is -0.444 e. The average molecular weight is 490 g/mol. The van der Waals surface area contributed by atoms with Crippen LogP contribution in [0.2, 0.25) is 0 Å². The van der Waals surface area contributed by atoms with Gasteiger partial charge in [0.2, 0.25) is 0 Å². The van der Waals surface area contributed by atoms with Crippen molar-refractivity contribution in [1.82, 2.24) is 13.9 Å². The molecule has 0 saturated heterocycles. The lowest BCUT2D eigenvalue weighted by Crippen LogP contribution is -2.42. The number of benzene rings is 1. The standard InChI is InChI=1S/C24H28FN3O5S/c1-16(29)19-9-6-10-20(22(19)25)21-12-17(15-33-23(30)27(5)24(2,3)4)14-28(21)34(31,32)18-8-7-11-26-13-18/h6-14,16,29H,15H2,1-5H3. The average Bonchev–Trinajstić information content (AvgIpc) is 3.21. The van der Waals surface area contributed by atoms with Crippen LogP contribution in [0.3, 0.4) is 0 Å². The molecule has 0 aliphatic heterocycles. The molecule has 0 fully saturated rings. The van der Waals surface area contributed by atoms with Gasteiger partial charge in [-0.15, -0.1) is 0 Å². The van der Waals surface area contributed by atoms with E-state index < -0.39 is 33.6 Å². The molecule has 1 aromatic carbocycles. The molecule has 182 valence electrons. The summed E-state index contributed by atoms with van der Waals surface area (Å²) in [6.07, 6.45) is 2.25. The Kier molecular flexibility index (Phi) is 7.13. The van der Waals surface area contributed by atoms with Crippen molar-refractivity contribution in [2.24, 2.45) is 0 Å². The van der Waals surface area contributed by atoms with Gasteiger partial charge in [0.15, 0.2) is 0 Å². The summed E-state index contributed by atoms with van der Waals surface area (Å²) in [5.41, 5.74) is -0.0827. The summed E-state index contributed by atoms with van der Waals surface area (Å²) in [7, 11) is -2.55. The van der Waals surface area contributed by atoms with Crippen LogP contribution in [-0.4, -0.2) is 46.1 Å². The molecule has 10 heteroatoms. The van der Waals surface area contributed by atoms with Crippen LogP contribution >= 0.6 is 0 Å². The number of rotatable bonds is 6. The predicted octanol–water partition coefficient (Wildman–Crippen LogP) is 4.35. The number of carbonyl (C=O) groups excluding carboxylic acids is 1. The molecule has 3 rings (SSSR count). The number of carbonyl (C=O) groups is 1. The van der Waals surface area contributed by atoms with Gasteiger partial charge in [0.05, 0.1) is 11.8 Å². The maximum absolute atomic E-state index is 15.3. The van der Waals surface area contributed by atoms with E-state index in [2.05, 4.69) is 4.98 Å². The molecule has 0 radical (unpaired) electrons. The van der Waals surface area contributed by atoms with E-state index in [0.29, 0.717) is 5.56 Å². The van der Waals surface area contributed by atoms with E-state index in [9.17, 15) is 18.3 Å². The number of aliphatic hydroxyl groups is 1. The molecule has 1 N–H and O–H groups in total. The molecular weight excluding hydrogens is 461 g/mol. The van der Waals surface area contributed by atoms with Crippen molar-refractivity contribution in [2.45, 2.75) is 50.8 Å². The molecule has 0 spiro atoms. The summed E-state index contributed by atoms with van der Waals surface area (Å²) in [6, 6.07) is 8.70. The summed E-state index contributed by atoms with van der Waals surface area (Å²) in [5.74, 6) is -0.741. The summed E-state index contributed by atoms with van der Waals surface area (Å²) in [5, 5.41) is 9.92. The van der Waals surface area contributed by atoms with Crippen LogP contribution < -0.4 is 0 Å². The fraction of sp³-hybridized carbons (Fsp3) is 0.333. The SMILES string of the molecule is CC(O)c1cccc(-c2cc(COC(=O)N(C)C(C)(C)C)cn2S(=O)(=O)c2cccnc2)c1F. The lowest BCUT2D eigenvalue weighted by molar-refractivity contribution is 0.0759. The molecule has 2 aromatic heterocycles. The zero-order chi connectivity index (χ0) is 25.3. The van der Waals surface area contributed by atoms with Crippen LogP contribution in [0.5, 0.6) is 0 Å². The Balaban J connectivity index is 2.09. The molecule has 3 aromatic rings. The number of halogens is 1. The second kappa shape index (κ2) is 9.55. The van der Waals surface area contributed by atoms with E-state index in [1.165, 1.54) is 66.8 Å². The fourth-order valence-corrected chi connectivity index (χ4v) is 4.53. The lowest BCUT2D eigenvalue weighted by atomic mass is 10.0. The van der Waals surface area contributed by atoms with E-state index >= 15 is 4.39 Å². The van der Waals surface area contributed by atoms with Gasteiger partial charge >= 0.3 is 6.09 Å². The molecule has 8 nitrogen and oxygen atoms in total. The van der Waals surface area contributed by atoms with Gasteiger partial charge in [0.25, 0.3) is 10.0 Å². The molecule has 0 bridgehead atoms. The highest BCUT2D eigenvalue weighted by atomic mass is 32.2. The number of ether oxygens (including phenoxy) is 1. The lowest BCUT2D eigenvalue weighted by Gasteiger charge is -2.30. The zero-order valence-corrected chi connectivity index (χ0v) is 20.5. The van der Waals surface area contributed by atoms with Gasteiger partial charge in [-0.2, -0.15) is 0 Å². The number of hydrogen-bond donors (Lipinski definition) is 1. The smallest absolute Gasteiger partial charge is 0.410 e. The quantitative estimate of drug-likeness (QED) is 0.553.